The van der Waals surface area contributed by atoms with Crippen molar-refractivity contribution >= 4 is 0 Å². The van der Waals surface area contributed by atoms with Crippen molar-refractivity contribution in [3.63, 3.8) is 0 Å². The van der Waals surface area contributed by atoms with Crippen LogP contribution in [0.15, 0.2) is 24.5 Å². The van der Waals surface area contributed by atoms with Gasteiger partial charge in [-0.25, -0.2) is 0 Å². The zero-order chi connectivity index (χ0) is 12.7. The van der Waals surface area contributed by atoms with Crippen molar-refractivity contribution in [2.75, 3.05) is 20.1 Å². The van der Waals surface area contributed by atoms with E-state index in [-0.39, 0.29) is 0 Å². The lowest BCUT2D eigenvalue weighted by Gasteiger charge is -2.32. The van der Waals surface area contributed by atoms with Gasteiger partial charge in [-0.2, -0.15) is 0 Å². The normalized spacial score (nSPS) is 14.9. The smallest absolute Gasteiger partial charge is 0.0271 e. The van der Waals surface area contributed by atoms with Gasteiger partial charge in [0, 0.05) is 25.0 Å². The Balaban J connectivity index is 2.59. The first-order valence-corrected chi connectivity index (χ1v) is 6.46. The summed E-state index contributed by atoms with van der Waals surface area (Å²) < 4.78 is 0. The molecule has 17 heavy (non-hydrogen) atoms. The third-order valence-electron chi connectivity index (χ3n) is 3.47. The summed E-state index contributed by atoms with van der Waals surface area (Å²) in [6.45, 7) is 9.99. The second kappa shape index (κ2) is 7.41. The maximum absolute atomic E-state index is 4.06. The van der Waals surface area contributed by atoms with E-state index < -0.39 is 0 Å². The maximum atomic E-state index is 4.06. The Morgan fingerprint density at radius 1 is 1.29 bits per heavy atom. The highest BCUT2D eigenvalue weighted by molar-refractivity contribution is 5.09. The summed E-state index contributed by atoms with van der Waals surface area (Å²) in [6, 6.07) is 4.77. The largest absolute Gasteiger partial charge is 0.319 e. The fraction of sp³-hybridized carbons (Fsp3) is 0.643. The molecule has 1 aromatic heterocycles. The molecule has 0 fully saturated rings. The summed E-state index contributed by atoms with van der Waals surface area (Å²) in [5.74, 6) is 0.654. The Hall–Kier alpha value is -0.930. The standard InChI is InChI=1S/C14H25N3/c1-5-17(13(3)12(2)10-15-4)11-14-6-8-16-9-7-14/h6-9,12-13,15H,5,10-11H2,1-4H3. The van der Waals surface area contributed by atoms with Gasteiger partial charge in [0.05, 0.1) is 0 Å². The number of hydrogen-bond acceptors (Lipinski definition) is 3. The molecule has 0 aromatic carbocycles. The maximum Gasteiger partial charge on any atom is 0.0271 e. The van der Waals surface area contributed by atoms with Crippen molar-refractivity contribution in [1.82, 2.24) is 15.2 Å². The van der Waals surface area contributed by atoms with Crippen LogP contribution in [0.25, 0.3) is 0 Å². The molecule has 0 saturated carbocycles. The average Bonchev–Trinajstić information content (AvgIpc) is 2.36. The molecule has 96 valence electrons. The highest BCUT2D eigenvalue weighted by atomic mass is 15.1. The minimum Gasteiger partial charge on any atom is -0.319 e. The average molecular weight is 235 g/mol. The van der Waals surface area contributed by atoms with Crippen molar-refractivity contribution in [3.8, 4) is 0 Å². The van der Waals surface area contributed by atoms with Crippen LogP contribution >= 0.6 is 0 Å². The Morgan fingerprint density at radius 3 is 2.47 bits per heavy atom. The highest BCUT2D eigenvalue weighted by Gasteiger charge is 2.18. The van der Waals surface area contributed by atoms with Gasteiger partial charge < -0.3 is 5.32 Å². The van der Waals surface area contributed by atoms with E-state index in [1.807, 2.05) is 19.4 Å². The summed E-state index contributed by atoms with van der Waals surface area (Å²) in [7, 11) is 2.02. The van der Waals surface area contributed by atoms with Crippen molar-refractivity contribution in [2.24, 2.45) is 5.92 Å². The third kappa shape index (κ3) is 4.44. The Bertz CT molecular complexity index is 300. The molecule has 2 atom stereocenters. The van der Waals surface area contributed by atoms with Gasteiger partial charge in [-0.3, -0.25) is 9.88 Å². The van der Waals surface area contributed by atoms with Crippen LogP contribution in [0.3, 0.4) is 0 Å². The fourth-order valence-corrected chi connectivity index (χ4v) is 2.12. The van der Waals surface area contributed by atoms with Gasteiger partial charge in [0.25, 0.3) is 0 Å². The van der Waals surface area contributed by atoms with Gasteiger partial charge in [-0.05, 0) is 50.7 Å². The van der Waals surface area contributed by atoms with Crippen molar-refractivity contribution in [1.29, 1.82) is 0 Å². The van der Waals surface area contributed by atoms with Crippen LogP contribution in [0.1, 0.15) is 26.3 Å². The molecule has 0 aliphatic heterocycles. The summed E-state index contributed by atoms with van der Waals surface area (Å²) in [5.41, 5.74) is 1.34. The van der Waals surface area contributed by atoms with E-state index in [1.165, 1.54) is 5.56 Å². The Kier molecular flexibility index (Phi) is 6.16. The first-order valence-electron chi connectivity index (χ1n) is 6.46. The molecular formula is C14H25N3. The van der Waals surface area contributed by atoms with Gasteiger partial charge in [0.15, 0.2) is 0 Å². The predicted molar refractivity (Wildman–Crippen MR) is 72.9 cm³/mol. The van der Waals surface area contributed by atoms with Crippen molar-refractivity contribution in [2.45, 2.75) is 33.4 Å². The molecule has 1 rings (SSSR count). The monoisotopic (exact) mass is 235 g/mol. The molecule has 3 nitrogen and oxygen atoms in total. The van der Waals surface area contributed by atoms with E-state index in [0.717, 1.165) is 19.6 Å². The number of rotatable bonds is 7. The topological polar surface area (TPSA) is 28.2 Å². The highest BCUT2D eigenvalue weighted by Crippen LogP contribution is 2.13. The summed E-state index contributed by atoms with van der Waals surface area (Å²) in [5, 5.41) is 3.25. The van der Waals surface area contributed by atoms with E-state index in [1.54, 1.807) is 0 Å². The summed E-state index contributed by atoms with van der Waals surface area (Å²) >= 11 is 0. The summed E-state index contributed by atoms with van der Waals surface area (Å²) in [6.07, 6.45) is 3.73. The van der Waals surface area contributed by atoms with E-state index in [0.29, 0.717) is 12.0 Å². The molecule has 0 aliphatic carbocycles. The molecule has 0 spiro atoms. The number of nitrogens with zero attached hydrogens (tertiary/aromatic N) is 2. The lowest BCUT2D eigenvalue weighted by atomic mass is 10.0. The molecule has 0 radical (unpaired) electrons. The first kappa shape index (κ1) is 14.1. The van der Waals surface area contributed by atoms with Gasteiger partial charge in [-0.15, -0.1) is 0 Å². The Labute approximate surface area is 105 Å². The number of pyridine rings is 1. The zero-order valence-corrected chi connectivity index (χ0v) is 11.5. The van der Waals surface area contributed by atoms with Crippen LogP contribution in [0.5, 0.6) is 0 Å². The molecule has 0 saturated heterocycles. The predicted octanol–water partition coefficient (Wildman–Crippen LogP) is 2.15. The van der Waals surface area contributed by atoms with Gasteiger partial charge >= 0.3 is 0 Å². The van der Waals surface area contributed by atoms with E-state index in [4.69, 9.17) is 0 Å². The number of hydrogen-bond donors (Lipinski definition) is 1. The SMILES string of the molecule is CCN(Cc1ccncc1)C(C)C(C)CNC. The molecule has 2 unspecified atom stereocenters. The van der Waals surface area contributed by atoms with Crippen LogP contribution in [0.2, 0.25) is 0 Å². The molecule has 1 N–H and O–H groups in total. The van der Waals surface area contributed by atoms with Crippen molar-refractivity contribution < 1.29 is 0 Å². The van der Waals surface area contributed by atoms with E-state index in [2.05, 4.69) is 48.1 Å². The van der Waals surface area contributed by atoms with Gasteiger partial charge in [0.2, 0.25) is 0 Å². The van der Waals surface area contributed by atoms with Crippen LogP contribution in [0, 0.1) is 5.92 Å². The van der Waals surface area contributed by atoms with Gasteiger partial charge in [-0.1, -0.05) is 13.8 Å². The fourth-order valence-electron chi connectivity index (χ4n) is 2.12. The molecule has 0 bridgehead atoms. The molecule has 0 aliphatic rings. The van der Waals surface area contributed by atoms with Crippen molar-refractivity contribution in [3.05, 3.63) is 30.1 Å². The van der Waals surface area contributed by atoms with Crippen LogP contribution in [-0.2, 0) is 6.54 Å². The molecule has 1 aromatic rings. The minimum absolute atomic E-state index is 0.584. The molecule has 0 amide bonds. The third-order valence-corrected chi connectivity index (χ3v) is 3.47. The second-order valence-corrected chi connectivity index (χ2v) is 4.69. The molecule has 3 heteroatoms. The molecular weight excluding hydrogens is 210 g/mol. The lowest BCUT2D eigenvalue weighted by molar-refractivity contribution is 0.160. The van der Waals surface area contributed by atoms with E-state index in [9.17, 15) is 0 Å². The zero-order valence-electron chi connectivity index (χ0n) is 11.5. The molecule has 1 heterocycles. The number of nitrogens with one attached hydrogen (secondary N) is 1. The minimum atomic E-state index is 0.584. The van der Waals surface area contributed by atoms with E-state index >= 15 is 0 Å². The van der Waals surface area contributed by atoms with Crippen LogP contribution in [-0.4, -0.2) is 36.1 Å². The number of aromatic nitrogens is 1. The summed E-state index contributed by atoms with van der Waals surface area (Å²) in [4.78, 5) is 6.57. The Morgan fingerprint density at radius 2 is 1.94 bits per heavy atom. The second-order valence-electron chi connectivity index (χ2n) is 4.69. The van der Waals surface area contributed by atoms with Crippen LogP contribution < -0.4 is 5.32 Å². The lowest BCUT2D eigenvalue weighted by Crippen LogP contribution is -2.40. The quantitative estimate of drug-likeness (QED) is 0.785. The first-order chi connectivity index (χ1) is 8.19. The van der Waals surface area contributed by atoms with Gasteiger partial charge in [0.1, 0.15) is 0 Å². The van der Waals surface area contributed by atoms with Crippen LogP contribution in [0.4, 0.5) is 0 Å².